The fourth-order valence-electron chi connectivity index (χ4n) is 1.43. The molecule has 7 nitrogen and oxygen atoms in total. The van der Waals surface area contributed by atoms with Gasteiger partial charge in [-0.1, -0.05) is 18.3 Å². The summed E-state index contributed by atoms with van der Waals surface area (Å²) in [6.45, 7) is 2.19. The van der Waals surface area contributed by atoms with Crippen molar-refractivity contribution < 1.29 is 14.0 Å². The lowest BCUT2D eigenvalue weighted by molar-refractivity contribution is -0.136. The van der Waals surface area contributed by atoms with Gasteiger partial charge >= 0.3 is 11.8 Å². The van der Waals surface area contributed by atoms with Crippen molar-refractivity contribution in [1.29, 1.82) is 0 Å². The Kier molecular flexibility index (Phi) is 4.83. The van der Waals surface area contributed by atoms with Gasteiger partial charge in [-0.05, 0) is 18.6 Å². The maximum atomic E-state index is 11.6. The molecule has 2 rings (SSSR count). The number of hydrogen-bond donors (Lipinski definition) is 2. The Bertz CT molecular complexity index is 579. The molecule has 20 heavy (non-hydrogen) atoms. The van der Waals surface area contributed by atoms with Gasteiger partial charge in [-0.15, -0.1) is 10.2 Å². The van der Waals surface area contributed by atoms with E-state index in [1.165, 1.54) is 17.6 Å². The van der Waals surface area contributed by atoms with E-state index in [9.17, 15) is 9.59 Å². The second-order valence-corrected chi connectivity index (χ2v) is 5.03. The molecule has 0 radical (unpaired) electrons. The minimum Gasteiger partial charge on any atom is -0.467 e. The first-order valence-corrected chi connectivity index (χ1v) is 6.94. The first kappa shape index (κ1) is 14.2. The molecule has 2 heterocycles. The van der Waals surface area contributed by atoms with Crippen LogP contribution in [0.5, 0.6) is 0 Å². The van der Waals surface area contributed by atoms with Crippen LogP contribution in [0, 0.1) is 0 Å². The minimum atomic E-state index is -0.768. The van der Waals surface area contributed by atoms with E-state index in [-0.39, 0.29) is 6.54 Å². The molecule has 0 atom stereocenters. The molecule has 0 spiro atoms. The van der Waals surface area contributed by atoms with Crippen molar-refractivity contribution in [3.05, 3.63) is 29.2 Å². The molecule has 0 aromatic carbocycles. The van der Waals surface area contributed by atoms with Gasteiger partial charge in [0, 0.05) is 6.42 Å². The van der Waals surface area contributed by atoms with Crippen molar-refractivity contribution in [3.8, 4) is 0 Å². The molecule has 8 heteroatoms. The van der Waals surface area contributed by atoms with Crippen molar-refractivity contribution in [3.63, 3.8) is 0 Å². The third-order valence-electron chi connectivity index (χ3n) is 2.36. The number of aromatic nitrogens is 2. The summed E-state index contributed by atoms with van der Waals surface area (Å²) in [4.78, 5) is 23.2. The van der Waals surface area contributed by atoms with E-state index in [2.05, 4.69) is 20.8 Å². The van der Waals surface area contributed by atoms with Gasteiger partial charge in [-0.3, -0.25) is 14.9 Å². The summed E-state index contributed by atoms with van der Waals surface area (Å²) in [5.74, 6) is -0.934. The predicted molar refractivity (Wildman–Crippen MR) is 73.1 cm³/mol. The Hall–Kier alpha value is -2.22. The Morgan fingerprint density at radius 3 is 2.90 bits per heavy atom. The van der Waals surface area contributed by atoms with Crippen LogP contribution in [-0.2, 0) is 22.6 Å². The zero-order valence-corrected chi connectivity index (χ0v) is 11.7. The van der Waals surface area contributed by atoms with Gasteiger partial charge in [-0.2, -0.15) is 0 Å². The van der Waals surface area contributed by atoms with Gasteiger partial charge in [0.15, 0.2) is 0 Å². The lowest BCUT2D eigenvalue weighted by Crippen LogP contribution is -2.34. The summed E-state index contributed by atoms with van der Waals surface area (Å²) in [6, 6.07) is 3.41. The average molecular weight is 294 g/mol. The summed E-state index contributed by atoms with van der Waals surface area (Å²) in [5.41, 5.74) is 0. The molecule has 0 aliphatic carbocycles. The Balaban J connectivity index is 1.82. The normalized spacial score (nSPS) is 10.2. The van der Waals surface area contributed by atoms with Gasteiger partial charge in [0.25, 0.3) is 0 Å². The lowest BCUT2D eigenvalue weighted by Gasteiger charge is -2.02. The molecule has 106 valence electrons. The Morgan fingerprint density at radius 1 is 1.35 bits per heavy atom. The molecule has 0 saturated heterocycles. The SMILES string of the molecule is CCCc1nnc(NC(=O)C(=O)NCc2ccco2)s1. The van der Waals surface area contributed by atoms with Crippen LogP contribution in [0.4, 0.5) is 5.13 Å². The van der Waals surface area contributed by atoms with Gasteiger partial charge < -0.3 is 9.73 Å². The third-order valence-corrected chi connectivity index (χ3v) is 3.26. The summed E-state index contributed by atoms with van der Waals surface area (Å²) < 4.78 is 5.05. The van der Waals surface area contributed by atoms with Crippen LogP contribution in [0.15, 0.2) is 22.8 Å². The maximum Gasteiger partial charge on any atom is 0.315 e. The van der Waals surface area contributed by atoms with Crippen LogP contribution < -0.4 is 10.6 Å². The van der Waals surface area contributed by atoms with E-state index in [1.54, 1.807) is 12.1 Å². The first-order valence-electron chi connectivity index (χ1n) is 6.13. The standard InChI is InChI=1S/C12H14N4O3S/c1-2-4-9-15-16-12(20-9)14-11(18)10(17)13-7-8-5-3-6-19-8/h3,5-6H,2,4,7H2,1H3,(H,13,17)(H,14,16,18). The maximum absolute atomic E-state index is 11.6. The third kappa shape index (κ3) is 3.89. The number of hydrogen-bond acceptors (Lipinski definition) is 6. The molecule has 2 aromatic heterocycles. The number of anilines is 1. The molecule has 0 saturated carbocycles. The van der Waals surface area contributed by atoms with E-state index in [0.29, 0.717) is 10.9 Å². The number of nitrogens with one attached hydrogen (secondary N) is 2. The summed E-state index contributed by atoms with van der Waals surface area (Å²) in [6.07, 6.45) is 3.25. The number of carbonyl (C=O) groups excluding carboxylic acids is 2. The second-order valence-electron chi connectivity index (χ2n) is 3.97. The smallest absolute Gasteiger partial charge is 0.315 e. The molecular formula is C12H14N4O3S. The number of carbonyl (C=O) groups is 2. The monoisotopic (exact) mass is 294 g/mol. The van der Waals surface area contributed by atoms with Crippen molar-refractivity contribution in [2.75, 3.05) is 5.32 Å². The molecule has 2 amide bonds. The van der Waals surface area contributed by atoms with E-state index >= 15 is 0 Å². The molecule has 0 bridgehead atoms. The van der Waals surface area contributed by atoms with Crippen molar-refractivity contribution in [2.45, 2.75) is 26.3 Å². The highest BCUT2D eigenvalue weighted by atomic mass is 32.1. The van der Waals surface area contributed by atoms with Gasteiger partial charge in [0.1, 0.15) is 10.8 Å². The highest BCUT2D eigenvalue weighted by molar-refractivity contribution is 7.15. The largest absolute Gasteiger partial charge is 0.467 e. The van der Waals surface area contributed by atoms with Crippen LogP contribution in [-0.4, -0.2) is 22.0 Å². The van der Waals surface area contributed by atoms with E-state index in [1.807, 2.05) is 6.92 Å². The number of amides is 2. The Morgan fingerprint density at radius 2 is 2.20 bits per heavy atom. The van der Waals surface area contributed by atoms with E-state index in [4.69, 9.17) is 4.42 Å². The summed E-state index contributed by atoms with van der Waals surface area (Å²) in [5, 5.41) is 13.7. The second kappa shape index (κ2) is 6.80. The Labute approximate surface area is 119 Å². The number of aryl methyl sites for hydroxylation is 1. The fourth-order valence-corrected chi connectivity index (χ4v) is 2.27. The van der Waals surface area contributed by atoms with Crippen LogP contribution in [0.25, 0.3) is 0 Å². The molecule has 0 aliphatic heterocycles. The van der Waals surface area contributed by atoms with Crippen LogP contribution >= 0.6 is 11.3 Å². The highest BCUT2D eigenvalue weighted by Crippen LogP contribution is 2.16. The van der Waals surface area contributed by atoms with Crippen molar-refractivity contribution in [2.24, 2.45) is 0 Å². The van der Waals surface area contributed by atoms with Gasteiger partial charge in [-0.25, -0.2) is 0 Å². The van der Waals surface area contributed by atoms with E-state index in [0.717, 1.165) is 17.8 Å². The highest BCUT2D eigenvalue weighted by Gasteiger charge is 2.16. The molecule has 2 N–H and O–H groups in total. The molecule has 2 aromatic rings. The van der Waals surface area contributed by atoms with Crippen LogP contribution in [0.1, 0.15) is 24.1 Å². The van der Waals surface area contributed by atoms with Gasteiger partial charge in [0.2, 0.25) is 5.13 Å². The predicted octanol–water partition coefficient (Wildman–Crippen LogP) is 1.34. The minimum absolute atomic E-state index is 0.163. The quantitative estimate of drug-likeness (QED) is 0.811. The van der Waals surface area contributed by atoms with Crippen LogP contribution in [0.2, 0.25) is 0 Å². The first-order chi connectivity index (χ1) is 9.69. The van der Waals surface area contributed by atoms with Gasteiger partial charge in [0.05, 0.1) is 12.8 Å². The number of furan rings is 1. The van der Waals surface area contributed by atoms with Crippen molar-refractivity contribution >= 4 is 28.3 Å². The molecule has 0 fully saturated rings. The zero-order valence-electron chi connectivity index (χ0n) is 10.9. The summed E-state index contributed by atoms with van der Waals surface area (Å²) in [7, 11) is 0. The lowest BCUT2D eigenvalue weighted by atomic mass is 10.4. The topological polar surface area (TPSA) is 97.1 Å². The van der Waals surface area contributed by atoms with Crippen LogP contribution in [0.3, 0.4) is 0 Å². The number of nitrogens with zero attached hydrogens (tertiary/aromatic N) is 2. The number of rotatable bonds is 5. The van der Waals surface area contributed by atoms with Crippen molar-refractivity contribution in [1.82, 2.24) is 15.5 Å². The zero-order chi connectivity index (χ0) is 14.4. The fraction of sp³-hybridized carbons (Fsp3) is 0.333. The summed E-state index contributed by atoms with van der Waals surface area (Å²) >= 11 is 1.27. The molecular weight excluding hydrogens is 280 g/mol. The van der Waals surface area contributed by atoms with E-state index < -0.39 is 11.8 Å². The average Bonchev–Trinajstić information content (AvgIpc) is 3.08. The molecule has 0 unspecified atom stereocenters. The molecule has 0 aliphatic rings.